The summed E-state index contributed by atoms with van der Waals surface area (Å²) in [5, 5.41) is 2.92. The second-order valence-corrected chi connectivity index (χ2v) is 6.32. The van der Waals surface area contributed by atoms with Gasteiger partial charge in [-0.2, -0.15) is 0 Å². The quantitative estimate of drug-likeness (QED) is 0.869. The number of nitrogens with zero attached hydrogens (tertiary/aromatic N) is 2. The average Bonchev–Trinajstić information content (AvgIpc) is 2.92. The highest BCUT2D eigenvalue weighted by molar-refractivity contribution is 7.09. The molecule has 0 bridgehead atoms. The normalized spacial score (nSPS) is 13.0. The van der Waals surface area contributed by atoms with E-state index in [0.29, 0.717) is 26.2 Å². The number of hydrogen-bond donors (Lipinski definition) is 0. The van der Waals surface area contributed by atoms with Crippen LogP contribution in [0.15, 0.2) is 23.6 Å². The maximum Gasteiger partial charge on any atom is 0.228 e. The molecule has 0 N–H and O–H groups in total. The molecule has 1 amide bonds. The van der Waals surface area contributed by atoms with Crippen molar-refractivity contribution in [1.82, 2.24) is 9.88 Å². The van der Waals surface area contributed by atoms with Crippen LogP contribution < -0.4 is 9.47 Å². The van der Waals surface area contributed by atoms with Gasteiger partial charge in [-0.25, -0.2) is 4.98 Å². The number of likely N-dealkylation sites (N-methyl/N-ethyl adjacent to an activating group) is 1. The number of fused-ring (bicyclic) bond motifs is 1. The molecule has 0 saturated carbocycles. The van der Waals surface area contributed by atoms with E-state index in [1.807, 2.05) is 30.5 Å². The van der Waals surface area contributed by atoms with Crippen molar-refractivity contribution in [3.63, 3.8) is 0 Å². The number of carbonyl (C=O) groups is 1. The SMILES string of the molecule is Cc1nc(CC(=O)N(C)Cc2ccc3c(c2)OCCO3)cs1. The summed E-state index contributed by atoms with van der Waals surface area (Å²) in [5.74, 6) is 1.57. The van der Waals surface area contributed by atoms with Crippen LogP contribution in [-0.2, 0) is 17.8 Å². The zero-order valence-electron chi connectivity index (χ0n) is 12.7. The van der Waals surface area contributed by atoms with Crippen molar-refractivity contribution in [1.29, 1.82) is 0 Å². The van der Waals surface area contributed by atoms with Gasteiger partial charge in [0.15, 0.2) is 11.5 Å². The minimum atomic E-state index is 0.0557. The van der Waals surface area contributed by atoms with Crippen LogP contribution in [0.25, 0.3) is 0 Å². The largest absolute Gasteiger partial charge is 0.486 e. The predicted octanol–water partition coefficient (Wildman–Crippen LogP) is 2.42. The topological polar surface area (TPSA) is 51.7 Å². The fraction of sp³-hybridized carbons (Fsp3) is 0.375. The Balaban J connectivity index is 1.63. The molecule has 1 aromatic carbocycles. The summed E-state index contributed by atoms with van der Waals surface area (Å²) in [5.41, 5.74) is 1.86. The van der Waals surface area contributed by atoms with Crippen LogP contribution in [0.5, 0.6) is 11.5 Å². The number of thiazole rings is 1. The third-order valence-electron chi connectivity index (χ3n) is 3.45. The van der Waals surface area contributed by atoms with E-state index < -0.39 is 0 Å². The van der Waals surface area contributed by atoms with Crippen LogP contribution >= 0.6 is 11.3 Å². The Morgan fingerprint density at radius 3 is 2.82 bits per heavy atom. The third-order valence-corrected chi connectivity index (χ3v) is 4.27. The number of aryl methyl sites for hydroxylation is 1. The van der Waals surface area contributed by atoms with Crippen LogP contribution in [0.2, 0.25) is 0 Å². The predicted molar refractivity (Wildman–Crippen MR) is 84.5 cm³/mol. The van der Waals surface area contributed by atoms with E-state index >= 15 is 0 Å². The van der Waals surface area contributed by atoms with E-state index in [4.69, 9.17) is 9.47 Å². The molecule has 1 aliphatic rings. The molecule has 116 valence electrons. The van der Waals surface area contributed by atoms with E-state index in [1.165, 1.54) is 0 Å². The van der Waals surface area contributed by atoms with Gasteiger partial charge in [0.05, 0.1) is 17.1 Å². The van der Waals surface area contributed by atoms with Gasteiger partial charge < -0.3 is 14.4 Å². The van der Waals surface area contributed by atoms with E-state index in [9.17, 15) is 4.79 Å². The fourth-order valence-electron chi connectivity index (χ4n) is 2.33. The summed E-state index contributed by atoms with van der Waals surface area (Å²) >= 11 is 1.57. The first-order valence-corrected chi connectivity index (χ1v) is 8.03. The monoisotopic (exact) mass is 318 g/mol. The lowest BCUT2D eigenvalue weighted by molar-refractivity contribution is -0.129. The van der Waals surface area contributed by atoms with Gasteiger partial charge in [-0.1, -0.05) is 6.07 Å². The van der Waals surface area contributed by atoms with Crippen molar-refractivity contribution in [3.05, 3.63) is 39.8 Å². The minimum absolute atomic E-state index is 0.0557. The Kier molecular flexibility index (Phi) is 4.29. The second kappa shape index (κ2) is 6.36. The number of ether oxygens (including phenoxy) is 2. The maximum atomic E-state index is 12.2. The Bertz CT molecular complexity index is 684. The van der Waals surface area contributed by atoms with Crippen molar-refractivity contribution < 1.29 is 14.3 Å². The van der Waals surface area contributed by atoms with E-state index in [2.05, 4.69) is 4.98 Å². The Morgan fingerprint density at radius 2 is 2.09 bits per heavy atom. The summed E-state index contributed by atoms with van der Waals surface area (Å²) < 4.78 is 11.1. The lowest BCUT2D eigenvalue weighted by atomic mass is 10.1. The molecule has 1 aliphatic heterocycles. The fourth-order valence-corrected chi connectivity index (χ4v) is 2.94. The number of benzene rings is 1. The van der Waals surface area contributed by atoms with E-state index in [-0.39, 0.29) is 5.91 Å². The second-order valence-electron chi connectivity index (χ2n) is 5.26. The third kappa shape index (κ3) is 3.39. The lowest BCUT2D eigenvalue weighted by Gasteiger charge is -2.21. The van der Waals surface area contributed by atoms with Crippen LogP contribution in [0.1, 0.15) is 16.3 Å². The number of hydrogen-bond acceptors (Lipinski definition) is 5. The lowest BCUT2D eigenvalue weighted by Crippen LogP contribution is -2.28. The van der Waals surface area contributed by atoms with Crippen molar-refractivity contribution in [2.24, 2.45) is 0 Å². The molecule has 0 radical (unpaired) electrons. The molecule has 2 heterocycles. The molecule has 0 fully saturated rings. The van der Waals surface area contributed by atoms with E-state index in [0.717, 1.165) is 27.8 Å². The van der Waals surface area contributed by atoms with Gasteiger partial charge in [0.2, 0.25) is 5.91 Å². The Morgan fingerprint density at radius 1 is 1.32 bits per heavy atom. The number of aromatic nitrogens is 1. The molecule has 6 heteroatoms. The van der Waals surface area contributed by atoms with Gasteiger partial charge in [-0.05, 0) is 24.6 Å². The van der Waals surface area contributed by atoms with E-state index in [1.54, 1.807) is 23.3 Å². The first kappa shape index (κ1) is 14.8. The summed E-state index contributed by atoms with van der Waals surface area (Å²) in [6.45, 7) is 3.63. The molecule has 0 unspecified atom stereocenters. The van der Waals surface area contributed by atoms with Gasteiger partial charge in [0.1, 0.15) is 13.2 Å². The molecular formula is C16H18N2O3S. The van der Waals surface area contributed by atoms with Crippen LogP contribution in [0, 0.1) is 6.92 Å². The highest BCUT2D eigenvalue weighted by Crippen LogP contribution is 2.31. The average molecular weight is 318 g/mol. The molecule has 0 saturated heterocycles. The van der Waals surface area contributed by atoms with Gasteiger partial charge in [-0.3, -0.25) is 4.79 Å². The molecular weight excluding hydrogens is 300 g/mol. The van der Waals surface area contributed by atoms with Crippen LogP contribution in [-0.4, -0.2) is 36.1 Å². The molecule has 2 aromatic rings. The number of rotatable bonds is 4. The molecule has 5 nitrogen and oxygen atoms in total. The van der Waals surface area contributed by atoms with Crippen molar-refractivity contribution in [2.45, 2.75) is 19.9 Å². The summed E-state index contributed by atoms with van der Waals surface area (Å²) in [6, 6.07) is 5.79. The molecule has 1 aromatic heterocycles. The standard InChI is InChI=1S/C16H18N2O3S/c1-11-17-13(10-22-11)8-16(19)18(2)9-12-3-4-14-15(7-12)21-6-5-20-14/h3-4,7,10H,5-6,8-9H2,1-2H3. The first-order valence-electron chi connectivity index (χ1n) is 7.15. The zero-order chi connectivity index (χ0) is 15.5. The van der Waals surface area contributed by atoms with Crippen molar-refractivity contribution in [3.8, 4) is 11.5 Å². The molecule has 3 rings (SSSR count). The highest BCUT2D eigenvalue weighted by Gasteiger charge is 2.15. The molecule has 0 spiro atoms. The Labute approximate surface area is 133 Å². The van der Waals surface area contributed by atoms with Gasteiger partial charge >= 0.3 is 0 Å². The van der Waals surface area contributed by atoms with Gasteiger partial charge in [-0.15, -0.1) is 11.3 Å². The maximum absolute atomic E-state index is 12.2. The number of carbonyl (C=O) groups excluding carboxylic acids is 1. The molecule has 22 heavy (non-hydrogen) atoms. The zero-order valence-corrected chi connectivity index (χ0v) is 13.5. The van der Waals surface area contributed by atoms with Gasteiger partial charge in [0.25, 0.3) is 0 Å². The molecule has 0 aliphatic carbocycles. The van der Waals surface area contributed by atoms with Crippen molar-refractivity contribution >= 4 is 17.2 Å². The van der Waals surface area contributed by atoms with Crippen LogP contribution in [0.4, 0.5) is 0 Å². The number of amides is 1. The van der Waals surface area contributed by atoms with Crippen LogP contribution in [0.3, 0.4) is 0 Å². The highest BCUT2D eigenvalue weighted by atomic mass is 32.1. The summed E-state index contributed by atoms with van der Waals surface area (Å²) in [4.78, 5) is 18.3. The van der Waals surface area contributed by atoms with Crippen molar-refractivity contribution in [2.75, 3.05) is 20.3 Å². The summed E-state index contributed by atoms with van der Waals surface area (Å²) in [7, 11) is 1.80. The summed E-state index contributed by atoms with van der Waals surface area (Å²) in [6.07, 6.45) is 0.339. The smallest absolute Gasteiger partial charge is 0.228 e. The molecule has 0 atom stereocenters. The minimum Gasteiger partial charge on any atom is -0.486 e. The van der Waals surface area contributed by atoms with Gasteiger partial charge in [0, 0.05) is 19.0 Å². The Hall–Kier alpha value is -2.08. The first-order chi connectivity index (χ1) is 10.6.